The number of hydrogen-bond acceptors (Lipinski definition) is 4. The zero-order valence-corrected chi connectivity index (χ0v) is 11.0. The topological polar surface area (TPSA) is 80.3 Å². The maximum absolute atomic E-state index is 10.8. The molecule has 0 atom stereocenters. The number of aromatic nitrogens is 2. The van der Waals surface area contributed by atoms with Crippen molar-refractivity contribution in [2.45, 2.75) is 19.9 Å². The van der Waals surface area contributed by atoms with Crippen LogP contribution in [-0.2, 0) is 20.0 Å². The van der Waals surface area contributed by atoms with Gasteiger partial charge in [-0.25, -0.2) is 4.79 Å². The van der Waals surface area contributed by atoms with Crippen molar-refractivity contribution in [3.8, 4) is 0 Å². The molecule has 102 valence electrons. The number of carboxylic acids is 1. The van der Waals surface area contributed by atoms with E-state index in [2.05, 4.69) is 10.4 Å². The van der Waals surface area contributed by atoms with Crippen LogP contribution in [0.3, 0.4) is 0 Å². The smallest absolute Gasteiger partial charge is 0.371 e. The van der Waals surface area contributed by atoms with Gasteiger partial charge in [0.1, 0.15) is 5.76 Å². The number of furan rings is 1. The van der Waals surface area contributed by atoms with E-state index in [1.54, 1.807) is 17.7 Å². The van der Waals surface area contributed by atoms with Crippen molar-refractivity contribution in [2.75, 3.05) is 6.54 Å². The molecule has 0 fully saturated rings. The van der Waals surface area contributed by atoms with Gasteiger partial charge < -0.3 is 14.8 Å². The summed E-state index contributed by atoms with van der Waals surface area (Å²) in [6.07, 6.45) is 2.75. The zero-order valence-electron chi connectivity index (χ0n) is 11.0. The lowest BCUT2D eigenvalue weighted by Crippen LogP contribution is -2.17. The molecule has 0 bridgehead atoms. The van der Waals surface area contributed by atoms with E-state index in [4.69, 9.17) is 9.52 Å². The molecular weight excluding hydrogens is 246 g/mol. The lowest BCUT2D eigenvalue weighted by Gasteiger charge is -2.01. The van der Waals surface area contributed by atoms with Crippen LogP contribution in [0.1, 0.15) is 27.6 Å². The van der Waals surface area contributed by atoms with Crippen LogP contribution in [0.5, 0.6) is 0 Å². The monoisotopic (exact) mass is 263 g/mol. The molecule has 0 unspecified atom stereocenters. The summed E-state index contributed by atoms with van der Waals surface area (Å²) in [6, 6.07) is 3.54. The number of nitrogens with zero attached hydrogens (tertiary/aromatic N) is 2. The second kappa shape index (κ2) is 5.71. The van der Waals surface area contributed by atoms with E-state index in [1.165, 1.54) is 0 Å². The van der Waals surface area contributed by atoms with Gasteiger partial charge in [0.15, 0.2) is 0 Å². The molecule has 0 saturated carbocycles. The van der Waals surface area contributed by atoms with Crippen molar-refractivity contribution in [2.24, 2.45) is 7.05 Å². The molecule has 2 heterocycles. The summed E-state index contributed by atoms with van der Waals surface area (Å²) in [5.74, 6) is -0.412. The minimum atomic E-state index is -1.04. The average Bonchev–Trinajstić information content (AvgIpc) is 2.92. The van der Waals surface area contributed by atoms with Gasteiger partial charge in [-0.05, 0) is 19.1 Å². The van der Waals surface area contributed by atoms with E-state index in [9.17, 15) is 4.79 Å². The Labute approximate surface area is 111 Å². The first-order chi connectivity index (χ1) is 9.06. The lowest BCUT2D eigenvalue weighted by atomic mass is 10.2. The molecule has 19 heavy (non-hydrogen) atoms. The largest absolute Gasteiger partial charge is 0.475 e. The fourth-order valence-electron chi connectivity index (χ4n) is 1.84. The van der Waals surface area contributed by atoms with Crippen LogP contribution < -0.4 is 5.32 Å². The number of rotatable bonds is 6. The molecule has 6 heteroatoms. The second-order valence-corrected chi connectivity index (χ2v) is 4.40. The van der Waals surface area contributed by atoms with Crippen molar-refractivity contribution in [1.29, 1.82) is 0 Å². The Balaban J connectivity index is 1.81. The van der Waals surface area contributed by atoms with Crippen LogP contribution in [0.4, 0.5) is 0 Å². The Morgan fingerprint density at radius 1 is 1.58 bits per heavy atom. The molecule has 0 spiro atoms. The Hall–Kier alpha value is -2.08. The predicted molar refractivity (Wildman–Crippen MR) is 69.0 cm³/mol. The average molecular weight is 263 g/mol. The first-order valence-corrected chi connectivity index (χ1v) is 6.08. The van der Waals surface area contributed by atoms with Crippen molar-refractivity contribution in [3.63, 3.8) is 0 Å². The first kappa shape index (κ1) is 13.4. The van der Waals surface area contributed by atoms with Crippen LogP contribution >= 0.6 is 0 Å². The number of aromatic carboxylic acids is 1. The molecule has 0 radical (unpaired) electrons. The first-order valence-electron chi connectivity index (χ1n) is 6.08. The molecule has 6 nitrogen and oxygen atoms in total. The van der Waals surface area contributed by atoms with E-state index in [0.29, 0.717) is 12.3 Å². The molecule has 2 N–H and O–H groups in total. The molecule has 2 rings (SSSR count). The van der Waals surface area contributed by atoms with Crippen molar-refractivity contribution in [3.05, 3.63) is 41.1 Å². The van der Waals surface area contributed by atoms with Gasteiger partial charge >= 0.3 is 5.97 Å². The van der Waals surface area contributed by atoms with E-state index in [1.807, 2.05) is 19.3 Å². The summed E-state index contributed by atoms with van der Waals surface area (Å²) < 4.78 is 6.91. The standard InChI is InChI=1S/C13H17N3O3/c1-9-10(7-12(19-9)13(17)18)8-14-5-3-11-4-6-16(2)15-11/h4,6-7,14H,3,5,8H2,1-2H3,(H,17,18). The van der Waals surface area contributed by atoms with Gasteiger partial charge in [-0.15, -0.1) is 0 Å². The summed E-state index contributed by atoms with van der Waals surface area (Å²) >= 11 is 0. The molecule has 0 aliphatic carbocycles. The third-order valence-corrected chi connectivity index (χ3v) is 2.87. The number of nitrogens with one attached hydrogen (secondary N) is 1. The summed E-state index contributed by atoms with van der Waals surface area (Å²) in [6.45, 7) is 3.14. The quantitative estimate of drug-likeness (QED) is 0.769. The van der Waals surface area contributed by atoms with Gasteiger partial charge in [0, 0.05) is 38.3 Å². The van der Waals surface area contributed by atoms with E-state index >= 15 is 0 Å². The lowest BCUT2D eigenvalue weighted by molar-refractivity contribution is 0.0661. The van der Waals surface area contributed by atoms with Crippen molar-refractivity contribution < 1.29 is 14.3 Å². The van der Waals surface area contributed by atoms with Crippen LogP contribution in [-0.4, -0.2) is 27.4 Å². The molecule has 2 aromatic rings. The van der Waals surface area contributed by atoms with E-state index in [0.717, 1.165) is 24.2 Å². The van der Waals surface area contributed by atoms with Crippen LogP contribution in [0.25, 0.3) is 0 Å². The Kier molecular flexibility index (Phi) is 4.01. The van der Waals surface area contributed by atoms with Gasteiger partial charge in [-0.2, -0.15) is 5.10 Å². The SMILES string of the molecule is Cc1oc(C(=O)O)cc1CNCCc1ccn(C)n1. The van der Waals surface area contributed by atoms with Gasteiger partial charge in [0.25, 0.3) is 0 Å². The highest BCUT2D eigenvalue weighted by molar-refractivity contribution is 5.84. The Bertz CT molecular complexity index is 571. The minimum Gasteiger partial charge on any atom is -0.475 e. The highest BCUT2D eigenvalue weighted by atomic mass is 16.4. The molecular formula is C13H17N3O3. The maximum atomic E-state index is 10.8. The highest BCUT2D eigenvalue weighted by Crippen LogP contribution is 2.14. The normalized spacial score (nSPS) is 10.8. The third-order valence-electron chi connectivity index (χ3n) is 2.87. The van der Waals surface area contributed by atoms with Crippen LogP contribution in [0.2, 0.25) is 0 Å². The van der Waals surface area contributed by atoms with E-state index in [-0.39, 0.29) is 5.76 Å². The van der Waals surface area contributed by atoms with Gasteiger partial charge in [-0.1, -0.05) is 0 Å². The number of aryl methyl sites for hydroxylation is 2. The number of hydrogen-bond donors (Lipinski definition) is 2. The third kappa shape index (κ3) is 3.45. The summed E-state index contributed by atoms with van der Waals surface area (Å²) in [7, 11) is 1.89. The summed E-state index contributed by atoms with van der Waals surface area (Å²) in [5, 5.41) is 16.4. The van der Waals surface area contributed by atoms with E-state index < -0.39 is 5.97 Å². The van der Waals surface area contributed by atoms with Crippen molar-refractivity contribution >= 4 is 5.97 Å². The van der Waals surface area contributed by atoms with Gasteiger partial charge in [0.05, 0.1) is 5.69 Å². The maximum Gasteiger partial charge on any atom is 0.371 e. The van der Waals surface area contributed by atoms with Gasteiger partial charge in [0.2, 0.25) is 5.76 Å². The molecule has 2 aromatic heterocycles. The molecule has 0 aromatic carbocycles. The van der Waals surface area contributed by atoms with Gasteiger partial charge in [-0.3, -0.25) is 4.68 Å². The Morgan fingerprint density at radius 2 is 2.37 bits per heavy atom. The molecule has 0 aliphatic rings. The minimum absolute atomic E-state index is 0.0148. The molecule has 0 saturated heterocycles. The van der Waals surface area contributed by atoms with Crippen molar-refractivity contribution in [1.82, 2.24) is 15.1 Å². The predicted octanol–water partition coefficient (Wildman–Crippen LogP) is 1.35. The van der Waals surface area contributed by atoms with Crippen LogP contribution in [0, 0.1) is 6.92 Å². The summed E-state index contributed by atoms with van der Waals surface area (Å²) in [4.78, 5) is 10.8. The number of carboxylic acid groups (broad SMARTS) is 1. The van der Waals surface area contributed by atoms with Crippen LogP contribution in [0.15, 0.2) is 22.7 Å². The summed E-state index contributed by atoms with van der Waals surface area (Å²) in [5.41, 5.74) is 1.91. The fraction of sp³-hybridized carbons (Fsp3) is 0.385. The molecule has 0 amide bonds. The fourth-order valence-corrected chi connectivity index (χ4v) is 1.84. The Morgan fingerprint density at radius 3 is 2.95 bits per heavy atom. The molecule has 0 aliphatic heterocycles. The highest BCUT2D eigenvalue weighted by Gasteiger charge is 2.12. The number of carbonyl (C=O) groups is 1. The second-order valence-electron chi connectivity index (χ2n) is 4.40. The zero-order chi connectivity index (χ0) is 13.8.